The van der Waals surface area contributed by atoms with Crippen LogP contribution in [0.3, 0.4) is 0 Å². The Labute approximate surface area is 146 Å². The largest absolute Gasteiger partial charge is 0.347 e. The van der Waals surface area contributed by atoms with Crippen molar-refractivity contribution in [3.63, 3.8) is 0 Å². The van der Waals surface area contributed by atoms with Crippen LogP contribution in [-0.2, 0) is 11.3 Å². The number of halogens is 1. The molecule has 0 radical (unpaired) electrons. The number of carbonyl (C=O) groups is 1. The van der Waals surface area contributed by atoms with Crippen molar-refractivity contribution in [2.24, 2.45) is 5.92 Å². The summed E-state index contributed by atoms with van der Waals surface area (Å²) in [5.74, 6) is 1.67. The second kappa shape index (κ2) is 8.29. The third-order valence-corrected chi connectivity index (χ3v) is 4.76. The lowest BCUT2D eigenvalue weighted by Crippen LogP contribution is -2.23. The summed E-state index contributed by atoms with van der Waals surface area (Å²) in [4.78, 5) is 16.3. The number of benzene rings is 1. The summed E-state index contributed by atoms with van der Waals surface area (Å²) < 4.78 is 5.19. The summed E-state index contributed by atoms with van der Waals surface area (Å²) in [5, 5.41) is 7.45. The summed E-state index contributed by atoms with van der Waals surface area (Å²) in [5.41, 5.74) is 0.832. The number of hydrogen-bond donors (Lipinski definition) is 1. The maximum atomic E-state index is 12.0. The van der Waals surface area contributed by atoms with Crippen LogP contribution in [0.1, 0.15) is 50.8 Å². The maximum Gasteiger partial charge on any atom is 0.246 e. The quantitative estimate of drug-likeness (QED) is 0.842. The Morgan fingerprint density at radius 1 is 1.21 bits per heavy atom. The van der Waals surface area contributed by atoms with Crippen LogP contribution in [0.15, 0.2) is 28.8 Å². The molecule has 1 saturated carbocycles. The average molecular weight is 348 g/mol. The smallest absolute Gasteiger partial charge is 0.246 e. The number of aromatic nitrogens is 2. The summed E-state index contributed by atoms with van der Waals surface area (Å²) >= 11 is 5.86. The molecule has 1 aliphatic rings. The van der Waals surface area contributed by atoms with Gasteiger partial charge in [-0.15, -0.1) is 0 Å². The summed E-state index contributed by atoms with van der Waals surface area (Å²) in [6.45, 7) is 0.268. The molecule has 1 aromatic carbocycles. The van der Waals surface area contributed by atoms with E-state index in [2.05, 4.69) is 15.5 Å². The van der Waals surface area contributed by atoms with Gasteiger partial charge in [-0.25, -0.2) is 0 Å². The Balaban J connectivity index is 1.44. The van der Waals surface area contributed by atoms with Gasteiger partial charge < -0.3 is 9.84 Å². The highest BCUT2D eigenvalue weighted by Gasteiger charge is 2.15. The Hall–Kier alpha value is -1.88. The van der Waals surface area contributed by atoms with Crippen molar-refractivity contribution >= 4 is 17.5 Å². The molecule has 1 N–H and O–H groups in total. The van der Waals surface area contributed by atoms with Crippen molar-refractivity contribution in [3.8, 4) is 11.4 Å². The first kappa shape index (κ1) is 17.0. The van der Waals surface area contributed by atoms with Crippen molar-refractivity contribution < 1.29 is 9.32 Å². The van der Waals surface area contributed by atoms with E-state index < -0.39 is 0 Å². The minimum absolute atomic E-state index is 0.0480. The Bertz CT molecular complexity index is 663. The zero-order valence-corrected chi connectivity index (χ0v) is 14.4. The van der Waals surface area contributed by atoms with E-state index >= 15 is 0 Å². The number of carbonyl (C=O) groups excluding carboxylic acids is 1. The minimum Gasteiger partial charge on any atom is -0.347 e. The normalized spacial score (nSPS) is 15.4. The van der Waals surface area contributed by atoms with Gasteiger partial charge >= 0.3 is 0 Å². The molecule has 6 heteroatoms. The van der Waals surface area contributed by atoms with Crippen molar-refractivity contribution in [2.75, 3.05) is 0 Å². The van der Waals surface area contributed by atoms with Gasteiger partial charge in [-0.3, -0.25) is 4.79 Å². The molecule has 3 rings (SSSR count). The van der Waals surface area contributed by atoms with E-state index in [0.29, 0.717) is 29.1 Å². The first-order valence-corrected chi connectivity index (χ1v) is 8.94. The van der Waals surface area contributed by atoms with Gasteiger partial charge in [0.25, 0.3) is 0 Å². The van der Waals surface area contributed by atoms with Crippen LogP contribution in [0, 0.1) is 5.92 Å². The van der Waals surface area contributed by atoms with E-state index in [1.165, 1.54) is 32.1 Å². The fourth-order valence-corrected chi connectivity index (χ4v) is 3.24. The van der Waals surface area contributed by atoms with Gasteiger partial charge in [0.1, 0.15) is 0 Å². The topological polar surface area (TPSA) is 68.0 Å². The van der Waals surface area contributed by atoms with Gasteiger partial charge in [-0.2, -0.15) is 4.98 Å². The number of hydrogen-bond acceptors (Lipinski definition) is 4. The number of nitrogens with one attached hydrogen (secondary N) is 1. The highest BCUT2D eigenvalue weighted by molar-refractivity contribution is 6.30. The van der Waals surface area contributed by atoms with E-state index in [1.807, 2.05) is 12.1 Å². The third kappa shape index (κ3) is 4.81. The SMILES string of the molecule is O=C(CCC1CCCCC1)NCc1nc(-c2ccc(Cl)cc2)no1. The zero-order chi connectivity index (χ0) is 16.8. The van der Waals surface area contributed by atoms with Crippen LogP contribution in [-0.4, -0.2) is 16.0 Å². The van der Waals surface area contributed by atoms with Crippen molar-refractivity contribution in [1.29, 1.82) is 0 Å². The summed E-state index contributed by atoms with van der Waals surface area (Å²) in [7, 11) is 0. The molecule has 5 nitrogen and oxygen atoms in total. The molecule has 0 unspecified atom stereocenters. The second-order valence-electron chi connectivity index (χ2n) is 6.34. The lowest BCUT2D eigenvalue weighted by molar-refractivity contribution is -0.121. The Morgan fingerprint density at radius 2 is 1.96 bits per heavy atom. The van der Waals surface area contributed by atoms with Crippen LogP contribution in [0.4, 0.5) is 0 Å². The molecule has 1 aromatic heterocycles. The van der Waals surface area contributed by atoms with E-state index in [-0.39, 0.29) is 12.5 Å². The molecule has 0 bridgehead atoms. The molecule has 1 amide bonds. The fraction of sp³-hybridized carbons (Fsp3) is 0.500. The molecule has 1 heterocycles. The maximum absolute atomic E-state index is 12.0. The van der Waals surface area contributed by atoms with Crippen molar-refractivity contribution in [1.82, 2.24) is 15.5 Å². The highest BCUT2D eigenvalue weighted by atomic mass is 35.5. The van der Waals surface area contributed by atoms with Gasteiger partial charge in [-0.1, -0.05) is 48.9 Å². The van der Waals surface area contributed by atoms with Crippen LogP contribution in [0.25, 0.3) is 11.4 Å². The fourth-order valence-electron chi connectivity index (χ4n) is 3.12. The van der Waals surface area contributed by atoms with Gasteiger partial charge in [0.2, 0.25) is 17.6 Å². The standard InChI is InChI=1S/C18H22ClN3O2/c19-15-9-7-14(8-10-15)18-21-17(24-22-18)12-20-16(23)11-6-13-4-2-1-3-5-13/h7-10,13H,1-6,11-12H2,(H,20,23). The molecular formula is C18H22ClN3O2. The van der Waals surface area contributed by atoms with E-state index in [1.54, 1.807) is 12.1 Å². The predicted octanol–water partition coefficient (Wildman–Crippen LogP) is 4.37. The number of rotatable bonds is 6. The number of nitrogens with zero attached hydrogens (tertiary/aromatic N) is 2. The third-order valence-electron chi connectivity index (χ3n) is 4.51. The first-order valence-electron chi connectivity index (χ1n) is 8.56. The van der Waals surface area contributed by atoms with Crippen LogP contribution in [0.2, 0.25) is 5.02 Å². The second-order valence-corrected chi connectivity index (χ2v) is 6.77. The molecule has 1 fully saturated rings. The molecule has 24 heavy (non-hydrogen) atoms. The summed E-state index contributed by atoms with van der Waals surface area (Å²) in [6, 6.07) is 7.22. The molecule has 0 spiro atoms. The van der Waals surface area contributed by atoms with Gasteiger partial charge in [0, 0.05) is 17.0 Å². The average Bonchev–Trinajstić information content (AvgIpc) is 3.09. The Morgan fingerprint density at radius 3 is 2.71 bits per heavy atom. The monoisotopic (exact) mass is 347 g/mol. The molecule has 0 saturated heterocycles. The van der Waals surface area contributed by atoms with Gasteiger partial charge in [0.05, 0.1) is 6.54 Å². The highest BCUT2D eigenvalue weighted by Crippen LogP contribution is 2.27. The van der Waals surface area contributed by atoms with Crippen LogP contribution >= 0.6 is 11.6 Å². The molecule has 2 aromatic rings. The molecule has 0 aliphatic heterocycles. The lowest BCUT2D eigenvalue weighted by Gasteiger charge is -2.20. The number of amides is 1. The van der Waals surface area contributed by atoms with Crippen LogP contribution < -0.4 is 5.32 Å². The Kier molecular flexibility index (Phi) is 5.86. The van der Waals surface area contributed by atoms with Crippen molar-refractivity contribution in [3.05, 3.63) is 35.2 Å². The van der Waals surface area contributed by atoms with Crippen molar-refractivity contribution in [2.45, 2.75) is 51.5 Å². The zero-order valence-electron chi connectivity index (χ0n) is 13.6. The summed E-state index contributed by atoms with van der Waals surface area (Å²) in [6.07, 6.45) is 8.04. The van der Waals surface area contributed by atoms with E-state index in [0.717, 1.165) is 12.0 Å². The van der Waals surface area contributed by atoms with Gasteiger partial charge in [0.15, 0.2) is 0 Å². The molecule has 1 aliphatic carbocycles. The molecular weight excluding hydrogens is 326 g/mol. The van der Waals surface area contributed by atoms with E-state index in [9.17, 15) is 4.79 Å². The van der Waals surface area contributed by atoms with E-state index in [4.69, 9.17) is 16.1 Å². The van der Waals surface area contributed by atoms with Gasteiger partial charge in [-0.05, 0) is 36.6 Å². The first-order chi connectivity index (χ1) is 11.7. The van der Waals surface area contributed by atoms with Crippen LogP contribution in [0.5, 0.6) is 0 Å². The predicted molar refractivity (Wildman–Crippen MR) is 92.4 cm³/mol. The molecule has 128 valence electrons. The minimum atomic E-state index is 0.0480. The molecule has 0 atom stereocenters. The lowest BCUT2D eigenvalue weighted by atomic mass is 9.86.